The highest BCUT2D eigenvalue weighted by molar-refractivity contribution is 9.10. The van der Waals surface area contributed by atoms with Crippen LogP contribution in [0.1, 0.15) is 5.56 Å². The predicted octanol–water partition coefficient (Wildman–Crippen LogP) is 4.26. The molecule has 1 atom stereocenters. The van der Waals surface area contributed by atoms with Gasteiger partial charge in [-0.1, -0.05) is 36.4 Å². The molecule has 41 heavy (non-hydrogen) atoms. The normalized spacial score (nSPS) is 15.4. The summed E-state index contributed by atoms with van der Waals surface area (Å²) < 4.78 is 13.2. The van der Waals surface area contributed by atoms with Gasteiger partial charge in [0.15, 0.2) is 11.5 Å². The van der Waals surface area contributed by atoms with Crippen molar-refractivity contribution in [2.45, 2.75) is 12.6 Å². The SMILES string of the molecule is COc1ccc(-c2nc3c4cccc(Br)c4nc(N[C@H]4CN(C(=O)OCc5ccccc5)CCNC4=O)n3n2)cc1. The molecule has 11 nitrogen and oxygen atoms in total. The molecule has 1 aliphatic rings. The summed E-state index contributed by atoms with van der Waals surface area (Å²) in [6, 6.07) is 21.8. The van der Waals surface area contributed by atoms with Crippen molar-refractivity contribution < 1.29 is 19.1 Å². The fourth-order valence-electron chi connectivity index (χ4n) is 4.63. The van der Waals surface area contributed by atoms with Crippen LogP contribution in [0.3, 0.4) is 0 Å². The third kappa shape index (κ3) is 5.50. The van der Waals surface area contributed by atoms with Crippen molar-refractivity contribution in [2.24, 2.45) is 0 Å². The first-order chi connectivity index (χ1) is 20.0. The zero-order valence-electron chi connectivity index (χ0n) is 22.1. The van der Waals surface area contributed by atoms with E-state index in [1.807, 2.05) is 72.8 Å². The van der Waals surface area contributed by atoms with Gasteiger partial charge in [0, 0.05) is 28.5 Å². The van der Waals surface area contributed by atoms with Crippen molar-refractivity contribution in [1.82, 2.24) is 29.8 Å². The van der Waals surface area contributed by atoms with Crippen LogP contribution in [-0.4, -0.2) is 69.3 Å². The molecule has 0 unspecified atom stereocenters. The number of fused-ring (bicyclic) bond motifs is 3. The number of nitrogens with zero attached hydrogens (tertiary/aromatic N) is 5. The fraction of sp³-hybridized carbons (Fsp3) is 0.207. The van der Waals surface area contributed by atoms with E-state index in [-0.39, 0.29) is 19.1 Å². The number of ether oxygens (including phenoxy) is 2. The van der Waals surface area contributed by atoms with Gasteiger partial charge in [-0.3, -0.25) is 4.79 Å². The zero-order valence-corrected chi connectivity index (χ0v) is 23.7. The Morgan fingerprint density at radius 2 is 1.88 bits per heavy atom. The van der Waals surface area contributed by atoms with Crippen LogP contribution < -0.4 is 15.4 Å². The molecule has 208 valence electrons. The Bertz CT molecular complexity index is 1730. The summed E-state index contributed by atoms with van der Waals surface area (Å²) in [7, 11) is 1.61. The summed E-state index contributed by atoms with van der Waals surface area (Å²) >= 11 is 3.59. The highest BCUT2D eigenvalue weighted by Crippen LogP contribution is 2.29. The summed E-state index contributed by atoms with van der Waals surface area (Å²) in [5.74, 6) is 1.26. The van der Waals surface area contributed by atoms with E-state index in [4.69, 9.17) is 24.5 Å². The zero-order chi connectivity index (χ0) is 28.3. The number of hydrogen-bond donors (Lipinski definition) is 2. The van der Waals surface area contributed by atoms with Crippen LogP contribution in [0.5, 0.6) is 5.75 Å². The minimum absolute atomic E-state index is 0.0800. The van der Waals surface area contributed by atoms with Gasteiger partial charge < -0.3 is 25.0 Å². The molecule has 0 spiro atoms. The summed E-state index contributed by atoms with van der Waals surface area (Å²) in [6.07, 6.45) is -0.501. The standard InChI is InChI=1S/C29H26BrN7O4/c1-40-20-12-10-19(11-13-20)25-34-26-21-8-5-9-22(30)24(21)33-28(37(26)35-25)32-23-16-36(15-14-31-27(23)38)29(39)41-17-18-6-3-2-4-7-18/h2-13,23H,14-17H2,1H3,(H,31,38)(H,32,33)/t23-/m0/s1. The Morgan fingerprint density at radius 1 is 1.07 bits per heavy atom. The molecule has 12 heteroatoms. The lowest BCUT2D eigenvalue weighted by Crippen LogP contribution is -2.44. The first-order valence-corrected chi connectivity index (χ1v) is 13.8. The number of carbonyl (C=O) groups excluding carboxylic acids is 2. The molecular formula is C29H26BrN7O4. The second-order valence-corrected chi connectivity index (χ2v) is 10.3. The highest BCUT2D eigenvalue weighted by Gasteiger charge is 2.30. The fourth-order valence-corrected chi connectivity index (χ4v) is 5.08. The predicted molar refractivity (Wildman–Crippen MR) is 157 cm³/mol. The van der Waals surface area contributed by atoms with Crippen molar-refractivity contribution in [3.05, 3.63) is 82.8 Å². The van der Waals surface area contributed by atoms with Crippen molar-refractivity contribution in [3.8, 4) is 17.1 Å². The summed E-state index contributed by atoms with van der Waals surface area (Å²) in [5.41, 5.74) is 2.90. The molecule has 0 saturated carbocycles. The van der Waals surface area contributed by atoms with Crippen LogP contribution >= 0.6 is 15.9 Å². The number of hydrogen-bond acceptors (Lipinski definition) is 8. The lowest BCUT2D eigenvalue weighted by atomic mass is 10.2. The van der Waals surface area contributed by atoms with E-state index in [0.717, 1.165) is 26.7 Å². The largest absolute Gasteiger partial charge is 0.497 e. The van der Waals surface area contributed by atoms with Crippen molar-refractivity contribution in [1.29, 1.82) is 0 Å². The summed E-state index contributed by atoms with van der Waals surface area (Å²) in [6.45, 7) is 0.837. The second kappa shape index (κ2) is 11.4. The Hall–Kier alpha value is -4.71. The number of benzene rings is 3. The molecule has 2 N–H and O–H groups in total. The van der Waals surface area contributed by atoms with Crippen LogP contribution in [-0.2, 0) is 16.1 Å². The number of carbonyl (C=O) groups is 2. The lowest BCUT2D eigenvalue weighted by Gasteiger charge is -2.23. The maximum Gasteiger partial charge on any atom is 0.410 e. The maximum atomic E-state index is 13.1. The number of nitrogens with one attached hydrogen (secondary N) is 2. The second-order valence-electron chi connectivity index (χ2n) is 9.44. The van der Waals surface area contributed by atoms with Gasteiger partial charge in [0.05, 0.1) is 19.2 Å². The monoisotopic (exact) mass is 615 g/mol. The minimum atomic E-state index is -0.814. The number of anilines is 1. The summed E-state index contributed by atoms with van der Waals surface area (Å²) in [4.78, 5) is 37.2. The molecule has 3 aromatic carbocycles. The Kier molecular flexibility index (Phi) is 7.38. The van der Waals surface area contributed by atoms with Gasteiger partial charge in [0.2, 0.25) is 11.9 Å². The molecule has 1 aliphatic heterocycles. The number of amides is 2. The summed E-state index contributed by atoms with van der Waals surface area (Å²) in [5, 5.41) is 11.6. The van der Waals surface area contributed by atoms with Crippen molar-refractivity contribution in [3.63, 3.8) is 0 Å². The van der Waals surface area contributed by atoms with Gasteiger partial charge >= 0.3 is 6.09 Å². The van der Waals surface area contributed by atoms with E-state index in [1.54, 1.807) is 11.6 Å². The van der Waals surface area contributed by atoms with E-state index in [0.29, 0.717) is 36.0 Å². The molecule has 3 heterocycles. The third-order valence-corrected chi connectivity index (χ3v) is 7.41. The number of rotatable bonds is 6. The van der Waals surface area contributed by atoms with Gasteiger partial charge in [0.25, 0.3) is 0 Å². The van der Waals surface area contributed by atoms with E-state index in [9.17, 15) is 9.59 Å². The molecule has 0 radical (unpaired) electrons. The molecule has 6 rings (SSSR count). The Morgan fingerprint density at radius 3 is 2.66 bits per heavy atom. The minimum Gasteiger partial charge on any atom is -0.497 e. The Balaban J connectivity index is 1.32. The van der Waals surface area contributed by atoms with Crippen molar-refractivity contribution in [2.75, 3.05) is 32.1 Å². The van der Waals surface area contributed by atoms with Gasteiger partial charge in [-0.05, 0) is 57.9 Å². The van der Waals surface area contributed by atoms with Gasteiger partial charge in [-0.25, -0.2) is 14.8 Å². The quantitative estimate of drug-likeness (QED) is 0.290. The topological polar surface area (TPSA) is 123 Å². The number of halogens is 1. The van der Waals surface area contributed by atoms with Crippen molar-refractivity contribution >= 4 is 50.4 Å². The molecule has 0 bridgehead atoms. The first kappa shape index (κ1) is 26.5. The van der Waals surface area contributed by atoms with Gasteiger partial charge in [-0.2, -0.15) is 4.52 Å². The van der Waals surface area contributed by atoms with Crippen LogP contribution in [0.15, 0.2) is 77.3 Å². The van der Waals surface area contributed by atoms with E-state index in [2.05, 4.69) is 26.6 Å². The molecule has 1 saturated heterocycles. The van der Waals surface area contributed by atoms with E-state index in [1.165, 1.54) is 4.90 Å². The van der Waals surface area contributed by atoms with Gasteiger partial charge in [-0.15, -0.1) is 5.10 Å². The van der Waals surface area contributed by atoms with Crippen LogP contribution in [0.25, 0.3) is 27.9 Å². The van der Waals surface area contributed by atoms with Crippen LogP contribution in [0.2, 0.25) is 0 Å². The average molecular weight is 616 g/mol. The number of para-hydroxylation sites is 1. The third-order valence-electron chi connectivity index (χ3n) is 6.77. The maximum absolute atomic E-state index is 13.1. The molecule has 2 aromatic heterocycles. The highest BCUT2D eigenvalue weighted by atomic mass is 79.9. The van der Waals surface area contributed by atoms with Crippen LogP contribution in [0, 0.1) is 0 Å². The van der Waals surface area contributed by atoms with E-state index >= 15 is 0 Å². The van der Waals surface area contributed by atoms with E-state index < -0.39 is 12.1 Å². The van der Waals surface area contributed by atoms with Crippen LogP contribution in [0.4, 0.5) is 10.7 Å². The number of aromatic nitrogens is 4. The molecular weight excluding hydrogens is 590 g/mol. The molecule has 2 amide bonds. The average Bonchev–Trinajstić information content (AvgIpc) is 3.38. The van der Waals surface area contributed by atoms with Gasteiger partial charge in [0.1, 0.15) is 18.4 Å². The smallest absolute Gasteiger partial charge is 0.410 e. The lowest BCUT2D eigenvalue weighted by molar-refractivity contribution is -0.121. The Labute approximate surface area is 243 Å². The molecule has 5 aromatic rings. The molecule has 1 fully saturated rings. The molecule has 0 aliphatic carbocycles. The number of methoxy groups -OCH3 is 1. The first-order valence-electron chi connectivity index (χ1n) is 13.0.